The summed E-state index contributed by atoms with van der Waals surface area (Å²) in [5, 5.41) is 3.49. The van der Waals surface area contributed by atoms with Gasteiger partial charge in [0.1, 0.15) is 0 Å². The van der Waals surface area contributed by atoms with E-state index in [1.165, 1.54) is 11.8 Å². The average Bonchev–Trinajstić information content (AvgIpc) is 2.56. The smallest absolute Gasteiger partial charge is 0.223 e. The molecule has 2 rings (SSSR count). The van der Waals surface area contributed by atoms with Crippen LogP contribution in [0.5, 0.6) is 0 Å². The molecule has 5 heteroatoms. The summed E-state index contributed by atoms with van der Waals surface area (Å²) in [5.74, 6) is -0.0492. The zero-order chi connectivity index (χ0) is 11.7. The Hall–Kier alpha value is -0.940. The number of hydrogen-bond donors (Lipinski definition) is 1. The number of amides is 1. The van der Waals surface area contributed by atoms with Gasteiger partial charge in [0.15, 0.2) is 5.13 Å². The van der Waals surface area contributed by atoms with Crippen LogP contribution in [0.2, 0.25) is 0 Å². The molecule has 1 amide bonds. The summed E-state index contributed by atoms with van der Waals surface area (Å²) in [5.41, 5.74) is 1.13. The van der Waals surface area contributed by atoms with Crippen molar-refractivity contribution in [3.05, 3.63) is 10.6 Å². The van der Waals surface area contributed by atoms with E-state index in [2.05, 4.69) is 29.0 Å². The summed E-state index contributed by atoms with van der Waals surface area (Å²) in [6.45, 7) is 7.91. The molecule has 0 aromatic carbocycles. The van der Waals surface area contributed by atoms with Crippen LogP contribution in [0, 0.1) is 0 Å². The molecule has 4 nitrogen and oxygen atoms in total. The molecule has 0 saturated carbocycles. The van der Waals surface area contributed by atoms with Crippen LogP contribution < -0.4 is 5.32 Å². The van der Waals surface area contributed by atoms with E-state index >= 15 is 0 Å². The van der Waals surface area contributed by atoms with Crippen LogP contribution >= 0.6 is 11.3 Å². The number of carbonyl (C=O) groups excluding carboxylic acids is 1. The van der Waals surface area contributed by atoms with Gasteiger partial charge in [-0.15, -0.1) is 11.3 Å². The van der Waals surface area contributed by atoms with Crippen molar-refractivity contribution in [2.24, 2.45) is 0 Å². The number of rotatable bonds is 2. The molecule has 88 valence electrons. The van der Waals surface area contributed by atoms with Gasteiger partial charge in [0.2, 0.25) is 5.91 Å². The molecule has 1 aromatic heterocycles. The van der Waals surface area contributed by atoms with E-state index in [0.29, 0.717) is 6.04 Å². The number of nitrogens with one attached hydrogen (secondary N) is 1. The van der Waals surface area contributed by atoms with Crippen molar-refractivity contribution in [3.8, 4) is 0 Å². The molecule has 1 aliphatic rings. The molecule has 2 heterocycles. The molecule has 0 fully saturated rings. The van der Waals surface area contributed by atoms with Gasteiger partial charge >= 0.3 is 0 Å². The molecule has 0 aliphatic carbocycles. The maximum absolute atomic E-state index is 10.9. The van der Waals surface area contributed by atoms with E-state index in [9.17, 15) is 4.79 Å². The molecule has 0 bridgehead atoms. The van der Waals surface area contributed by atoms with Crippen molar-refractivity contribution in [2.75, 3.05) is 11.9 Å². The summed E-state index contributed by atoms with van der Waals surface area (Å²) in [7, 11) is 0. The fourth-order valence-electron chi connectivity index (χ4n) is 1.86. The topological polar surface area (TPSA) is 45.2 Å². The van der Waals surface area contributed by atoms with Crippen LogP contribution in [0.25, 0.3) is 0 Å². The van der Waals surface area contributed by atoms with Crippen LogP contribution in [0.1, 0.15) is 31.3 Å². The minimum Gasteiger partial charge on any atom is -0.302 e. The first-order valence-electron chi connectivity index (χ1n) is 5.56. The first-order valence-corrected chi connectivity index (χ1v) is 6.38. The molecule has 1 N–H and O–H groups in total. The van der Waals surface area contributed by atoms with Gasteiger partial charge in [-0.25, -0.2) is 4.98 Å². The Morgan fingerprint density at radius 2 is 2.31 bits per heavy atom. The van der Waals surface area contributed by atoms with Crippen molar-refractivity contribution in [1.82, 2.24) is 9.88 Å². The maximum Gasteiger partial charge on any atom is 0.223 e. The number of thiazole rings is 1. The molecule has 1 aliphatic heterocycles. The lowest BCUT2D eigenvalue weighted by molar-refractivity contribution is -0.114. The monoisotopic (exact) mass is 239 g/mol. The van der Waals surface area contributed by atoms with E-state index in [-0.39, 0.29) is 5.91 Å². The molecule has 16 heavy (non-hydrogen) atoms. The lowest BCUT2D eigenvalue weighted by Crippen LogP contribution is -2.35. The molecule has 0 atom stereocenters. The molecule has 0 radical (unpaired) electrons. The average molecular weight is 239 g/mol. The number of carbonyl (C=O) groups is 1. The predicted molar refractivity (Wildman–Crippen MR) is 65.7 cm³/mol. The van der Waals surface area contributed by atoms with Crippen molar-refractivity contribution in [1.29, 1.82) is 0 Å². The molecule has 0 spiro atoms. The zero-order valence-electron chi connectivity index (χ0n) is 9.91. The van der Waals surface area contributed by atoms with Gasteiger partial charge in [-0.1, -0.05) is 0 Å². The highest BCUT2D eigenvalue weighted by molar-refractivity contribution is 7.15. The minimum absolute atomic E-state index is 0.0492. The molecule has 0 saturated heterocycles. The Balaban J connectivity index is 2.13. The fourth-order valence-corrected chi connectivity index (χ4v) is 2.87. The van der Waals surface area contributed by atoms with E-state index in [1.807, 2.05) is 0 Å². The lowest BCUT2D eigenvalue weighted by atomic mass is 10.1. The highest BCUT2D eigenvalue weighted by atomic mass is 32.1. The van der Waals surface area contributed by atoms with Crippen LogP contribution in [0.4, 0.5) is 5.13 Å². The maximum atomic E-state index is 10.9. The van der Waals surface area contributed by atoms with Gasteiger partial charge in [0, 0.05) is 30.9 Å². The second kappa shape index (κ2) is 4.51. The Labute approximate surface area is 99.7 Å². The largest absolute Gasteiger partial charge is 0.302 e. The highest BCUT2D eigenvalue weighted by Crippen LogP contribution is 2.28. The third kappa shape index (κ3) is 2.41. The fraction of sp³-hybridized carbons (Fsp3) is 0.636. The number of hydrogen-bond acceptors (Lipinski definition) is 4. The Bertz CT molecular complexity index is 400. The van der Waals surface area contributed by atoms with Gasteiger partial charge in [-0.3, -0.25) is 9.69 Å². The van der Waals surface area contributed by atoms with Gasteiger partial charge < -0.3 is 5.32 Å². The predicted octanol–water partition coefficient (Wildman–Crippen LogP) is 1.87. The first-order chi connectivity index (χ1) is 7.56. The van der Waals surface area contributed by atoms with Crippen LogP contribution in [-0.4, -0.2) is 28.4 Å². The minimum atomic E-state index is -0.0492. The van der Waals surface area contributed by atoms with E-state index < -0.39 is 0 Å². The quantitative estimate of drug-likeness (QED) is 0.857. The standard InChI is InChI=1S/C11H17N3OS/c1-7(2)14-5-4-10-9(6-14)13-11(16-10)12-8(3)15/h7H,4-6H2,1-3H3,(H,12,13,15). The number of aromatic nitrogens is 1. The molecular formula is C11H17N3OS. The summed E-state index contributed by atoms with van der Waals surface area (Å²) in [4.78, 5) is 19.1. The SMILES string of the molecule is CC(=O)Nc1nc2c(s1)CCN(C(C)C)C2. The van der Waals surface area contributed by atoms with E-state index in [1.54, 1.807) is 11.3 Å². The van der Waals surface area contributed by atoms with Crippen molar-refractivity contribution < 1.29 is 4.79 Å². The third-order valence-corrected chi connectivity index (χ3v) is 3.84. The summed E-state index contributed by atoms with van der Waals surface area (Å²) in [6.07, 6.45) is 1.05. The third-order valence-electron chi connectivity index (χ3n) is 2.77. The Morgan fingerprint density at radius 3 is 2.94 bits per heavy atom. The highest BCUT2D eigenvalue weighted by Gasteiger charge is 2.22. The van der Waals surface area contributed by atoms with Crippen molar-refractivity contribution in [3.63, 3.8) is 0 Å². The summed E-state index contributed by atoms with van der Waals surface area (Å²) in [6, 6.07) is 0.555. The molecule has 1 aromatic rings. The van der Waals surface area contributed by atoms with Crippen LogP contribution in [-0.2, 0) is 17.8 Å². The Kier molecular flexibility index (Phi) is 3.25. The normalized spacial score (nSPS) is 16.2. The van der Waals surface area contributed by atoms with E-state index in [0.717, 1.165) is 30.3 Å². The van der Waals surface area contributed by atoms with Gasteiger partial charge in [0.25, 0.3) is 0 Å². The first kappa shape index (κ1) is 11.5. The molecular weight excluding hydrogens is 222 g/mol. The second-order valence-electron chi connectivity index (χ2n) is 4.38. The van der Waals surface area contributed by atoms with Crippen molar-refractivity contribution >= 4 is 22.4 Å². The zero-order valence-corrected chi connectivity index (χ0v) is 10.7. The van der Waals surface area contributed by atoms with Gasteiger partial charge in [0.05, 0.1) is 5.69 Å². The lowest BCUT2D eigenvalue weighted by Gasteiger charge is -2.29. The Morgan fingerprint density at radius 1 is 1.56 bits per heavy atom. The number of fused-ring (bicyclic) bond motifs is 1. The van der Waals surface area contributed by atoms with Gasteiger partial charge in [-0.2, -0.15) is 0 Å². The van der Waals surface area contributed by atoms with E-state index in [4.69, 9.17) is 0 Å². The van der Waals surface area contributed by atoms with Gasteiger partial charge in [-0.05, 0) is 20.3 Å². The van der Waals surface area contributed by atoms with Crippen molar-refractivity contribution in [2.45, 2.75) is 39.8 Å². The summed E-state index contributed by atoms with van der Waals surface area (Å²) < 4.78 is 0. The van der Waals surface area contributed by atoms with Crippen LogP contribution in [0.15, 0.2) is 0 Å². The molecule has 0 unspecified atom stereocenters. The number of anilines is 1. The van der Waals surface area contributed by atoms with Crippen LogP contribution in [0.3, 0.4) is 0 Å². The number of nitrogens with zero attached hydrogens (tertiary/aromatic N) is 2. The summed E-state index contributed by atoms with van der Waals surface area (Å²) >= 11 is 1.61. The second-order valence-corrected chi connectivity index (χ2v) is 5.47.